The second kappa shape index (κ2) is 8.14. The fourth-order valence-electron chi connectivity index (χ4n) is 3.63. The second-order valence-corrected chi connectivity index (χ2v) is 7.67. The van der Waals surface area contributed by atoms with E-state index in [-0.39, 0.29) is 11.9 Å². The molecular formula is C21H26N6O2. The quantitative estimate of drug-likeness (QED) is 0.659. The zero-order chi connectivity index (χ0) is 20.4. The molecule has 0 radical (unpaired) electrons. The van der Waals surface area contributed by atoms with Crippen molar-refractivity contribution in [2.24, 2.45) is 0 Å². The third-order valence-corrected chi connectivity index (χ3v) is 5.55. The fraction of sp³-hybridized carbons (Fsp3) is 0.476. The topological polar surface area (TPSA) is 89.9 Å². The smallest absolute Gasteiger partial charge is 0.280 e. The van der Waals surface area contributed by atoms with Crippen molar-refractivity contribution in [3.8, 4) is 11.6 Å². The molecule has 2 aromatic heterocycles. The van der Waals surface area contributed by atoms with Gasteiger partial charge in [0.1, 0.15) is 0 Å². The molecule has 1 aromatic carbocycles. The number of aromatic nitrogens is 5. The first-order chi connectivity index (χ1) is 14.0. The van der Waals surface area contributed by atoms with E-state index in [0.717, 1.165) is 36.8 Å². The van der Waals surface area contributed by atoms with Crippen molar-refractivity contribution in [2.75, 3.05) is 13.1 Å². The van der Waals surface area contributed by atoms with Gasteiger partial charge in [-0.3, -0.25) is 4.79 Å². The molecule has 8 heteroatoms. The van der Waals surface area contributed by atoms with Crippen LogP contribution in [-0.2, 0) is 6.42 Å². The summed E-state index contributed by atoms with van der Waals surface area (Å²) >= 11 is 0. The van der Waals surface area contributed by atoms with E-state index in [1.165, 1.54) is 5.56 Å². The van der Waals surface area contributed by atoms with Crippen molar-refractivity contribution in [3.63, 3.8) is 0 Å². The minimum Gasteiger partial charge on any atom is -0.338 e. The molecule has 3 aromatic rings. The van der Waals surface area contributed by atoms with Gasteiger partial charge in [0.05, 0.1) is 12.2 Å². The van der Waals surface area contributed by atoms with Gasteiger partial charge >= 0.3 is 0 Å². The van der Waals surface area contributed by atoms with E-state index in [1.807, 2.05) is 40.9 Å². The Hall–Kier alpha value is -3.03. The van der Waals surface area contributed by atoms with Gasteiger partial charge in [0, 0.05) is 25.1 Å². The average molecular weight is 394 g/mol. The van der Waals surface area contributed by atoms with Crippen molar-refractivity contribution in [1.29, 1.82) is 0 Å². The molecule has 3 heterocycles. The lowest BCUT2D eigenvalue weighted by atomic mass is 10.0. The summed E-state index contributed by atoms with van der Waals surface area (Å²) in [7, 11) is 0. The van der Waals surface area contributed by atoms with Gasteiger partial charge in [0.2, 0.25) is 0 Å². The van der Waals surface area contributed by atoms with Crippen LogP contribution in [0.5, 0.6) is 0 Å². The SMILES string of the molecule is CCCc1noc(-c2cn(C3CCN(C(=O)c4ccc(C)c(C)c4)CC3)nn2)n1. The van der Waals surface area contributed by atoms with E-state index in [2.05, 4.69) is 34.3 Å². The molecule has 0 saturated carbocycles. The molecule has 0 N–H and O–H groups in total. The first kappa shape index (κ1) is 19.3. The van der Waals surface area contributed by atoms with Crippen LogP contribution >= 0.6 is 0 Å². The maximum absolute atomic E-state index is 12.8. The molecule has 1 fully saturated rings. The average Bonchev–Trinajstić information content (AvgIpc) is 3.40. The summed E-state index contributed by atoms with van der Waals surface area (Å²) in [6.45, 7) is 7.57. The van der Waals surface area contributed by atoms with Crippen LogP contribution in [0.15, 0.2) is 28.9 Å². The Morgan fingerprint density at radius 2 is 2.00 bits per heavy atom. The maximum Gasteiger partial charge on any atom is 0.280 e. The molecule has 152 valence electrons. The van der Waals surface area contributed by atoms with Gasteiger partial charge in [-0.1, -0.05) is 23.4 Å². The molecule has 1 aliphatic heterocycles. The number of carbonyl (C=O) groups excluding carboxylic acids is 1. The van der Waals surface area contributed by atoms with Gasteiger partial charge in [-0.05, 0) is 56.4 Å². The molecular weight excluding hydrogens is 368 g/mol. The molecule has 4 rings (SSSR count). The van der Waals surface area contributed by atoms with Crippen molar-refractivity contribution in [1.82, 2.24) is 30.0 Å². The van der Waals surface area contributed by atoms with E-state index in [0.29, 0.717) is 30.5 Å². The zero-order valence-electron chi connectivity index (χ0n) is 17.1. The Labute approximate surface area is 169 Å². The lowest BCUT2D eigenvalue weighted by Crippen LogP contribution is -2.39. The van der Waals surface area contributed by atoms with Gasteiger partial charge in [0.15, 0.2) is 11.5 Å². The van der Waals surface area contributed by atoms with E-state index >= 15 is 0 Å². The van der Waals surface area contributed by atoms with Crippen LogP contribution < -0.4 is 0 Å². The molecule has 1 amide bonds. The summed E-state index contributed by atoms with van der Waals surface area (Å²) < 4.78 is 7.15. The van der Waals surface area contributed by atoms with E-state index in [4.69, 9.17) is 4.52 Å². The number of amides is 1. The van der Waals surface area contributed by atoms with Crippen LogP contribution in [0.1, 0.15) is 59.5 Å². The van der Waals surface area contributed by atoms with E-state index < -0.39 is 0 Å². The van der Waals surface area contributed by atoms with Crippen molar-refractivity contribution >= 4 is 5.91 Å². The summed E-state index contributed by atoms with van der Waals surface area (Å²) in [5.41, 5.74) is 3.69. The van der Waals surface area contributed by atoms with Gasteiger partial charge in [-0.15, -0.1) is 5.10 Å². The van der Waals surface area contributed by atoms with Crippen molar-refractivity contribution in [3.05, 3.63) is 46.9 Å². The molecule has 0 bridgehead atoms. The van der Waals surface area contributed by atoms with Gasteiger partial charge in [0.25, 0.3) is 11.8 Å². The van der Waals surface area contributed by atoms with E-state index in [1.54, 1.807) is 0 Å². The minimum absolute atomic E-state index is 0.0974. The summed E-state index contributed by atoms with van der Waals surface area (Å²) in [5.74, 6) is 1.19. The standard InChI is InChI=1S/C21H26N6O2/c1-4-5-19-22-20(29-24-19)18-13-27(25-23-18)17-8-10-26(11-9-17)21(28)16-7-6-14(2)15(3)12-16/h6-7,12-13,17H,4-5,8-11H2,1-3H3. The van der Waals surface area contributed by atoms with Crippen LogP contribution in [-0.4, -0.2) is 49.0 Å². The Kier molecular flexibility index (Phi) is 5.42. The van der Waals surface area contributed by atoms with Crippen LogP contribution in [0.4, 0.5) is 0 Å². The van der Waals surface area contributed by atoms with E-state index in [9.17, 15) is 4.79 Å². The molecule has 1 saturated heterocycles. The van der Waals surface area contributed by atoms with Crippen molar-refractivity contribution in [2.45, 2.75) is 52.5 Å². The number of likely N-dealkylation sites (tertiary alicyclic amines) is 1. The normalized spacial score (nSPS) is 15.1. The highest BCUT2D eigenvalue weighted by molar-refractivity contribution is 5.94. The zero-order valence-corrected chi connectivity index (χ0v) is 17.1. The maximum atomic E-state index is 12.8. The Balaban J connectivity index is 1.38. The molecule has 29 heavy (non-hydrogen) atoms. The number of hydrogen-bond donors (Lipinski definition) is 0. The number of carbonyl (C=O) groups is 1. The highest BCUT2D eigenvalue weighted by Crippen LogP contribution is 2.25. The number of hydrogen-bond acceptors (Lipinski definition) is 6. The third kappa shape index (κ3) is 4.06. The number of piperidine rings is 1. The predicted octanol–water partition coefficient (Wildman–Crippen LogP) is 3.37. The Bertz CT molecular complexity index is 1000. The summed E-state index contributed by atoms with van der Waals surface area (Å²) in [6.07, 6.45) is 5.28. The Morgan fingerprint density at radius 1 is 1.21 bits per heavy atom. The molecule has 8 nitrogen and oxygen atoms in total. The lowest BCUT2D eigenvalue weighted by molar-refractivity contribution is 0.0689. The molecule has 0 atom stereocenters. The minimum atomic E-state index is 0.0974. The summed E-state index contributed by atoms with van der Waals surface area (Å²) in [5, 5.41) is 12.4. The van der Waals surface area contributed by atoms with Gasteiger partial charge in [-0.25, -0.2) is 4.68 Å². The fourth-order valence-corrected chi connectivity index (χ4v) is 3.63. The number of benzene rings is 1. The highest BCUT2D eigenvalue weighted by Gasteiger charge is 2.26. The second-order valence-electron chi connectivity index (χ2n) is 7.67. The molecule has 0 aliphatic carbocycles. The van der Waals surface area contributed by atoms with Crippen LogP contribution in [0.25, 0.3) is 11.6 Å². The number of nitrogens with zero attached hydrogens (tertiary/aromatic N) is 6. The predicted molar refractivity (Wildman–Crippen MR) is 107 cm³/mol. The third-order valence-electron chi connectivity index (χ3n) is 5.55. The van der Waals surface area contributed by atoms with Crippen molar-refractivity contribution < 1.29 is 9.32 Å². The van der Waals surface area contributed by atoms with Gasteiger partial charge < -0.3 is 9.42 Å². The number of aryl methyl sites for hydroxylation is 3. The summed E-state index contributed by atoms with van der Waals surface area (Å²) in [4.78, 5) is 19.1. The summed E-state index contributed by atoms with van der Waals surface area (Å²) in [6, 6.07) is 6.11. The number of rotatable bonds is 5. The largest absolute Gasteiger partial charge is 0.338 e. The lowest BCUT2D eigenvalue weighted by Gasteiger charge is -2.32. The molecule has 1 aliphatic rings. The van der Waals surface area contributed by atoms with Crippen LogP contribution in [0, 0.1) is 13.8 Å². The first-order valence-electron chi connectivity index (χ1n) is 10.2. The molecule has 0 spiro atoms. The first-order valence-corrected chi connectivity index (χ1v) is 10.2. The Morgan fingerprint density at radius 3 is 2.72 bits per heavy atom. The van der Waals surface area contributed by atoms with Crippen LogP contribution in [0.3, 0.4) is 0 Å². The van der Waals surface area contributed by atoms with Crippen LogP contribution in [0.2, 0.25) is 0 Å². The highest BCUT2D eigenvalue weighted by atomic mass is 16.5. The molecule has 0 unspecified atom stereocenters. The monoisotopic (exact) mass is 394 g/mol. The van der Waals surface area contributed by atoms with Gasteiger partial charge in [-0.2, -0.15) is 4.98 Å².